The molecule has 2 N–H and O–H groups in total. The van der Waals surface area contributed by atoms with Crippen LogP contribution in [0.1, 0.15) is 12.8 Å². The van der Waals surface area contributed by atoms with E-state index in [1.54, 1.807) is 0 Å². The molecule has 1 fully saturated rings. The van der Waals surface area contributed by atoms with E-state index in [9.17, 15) is 0 Å². The fourth-order valence-electron chi connectivity index (χ4n) is 2.85. The minimum Gasteiger partial charge on any atom is -0.371 e. The highest BCUT2D eigenvalue weighted by Gasteiger charge is 2.16. The van der Waals surface area contributed by atoms with Crippen LogP contribution in [0.3, 0.4) is 0 Å². The van der Waals surface area contributed by atoms with Gasteiger partial charge in [0.1, 0.15) is 0 Å². The Balaban J connectivity index is 1.72. The fraction of sp³-hybridized carbons (Fsp3) is 0.333. The molecule has 110 valence electrons. The van der Waals surface area contributed by atoms with E-state index in [1.165, 1.54) is 17.1 Å². The van der Waals surface area contributed by atoms with Crippen LogP contribution < -0.4 is 15.5 Å². The van der Waals surface area contributed by atoms with Crippen LogP contribution in [0.15, 0.2) is 54.6 Å². The van der Waals surface area contributed by atoms with Gasteiger partial charge in [0.25, 0.3) is 0 Å². The summed E-state index contributed by atoms with van der Waals surface area (Å²) in [6, 6.07) is 19.6. The molecule has 0 radical (unpaired) electrons. The van der Waals surface area contributed by atoms with E-state index in [-0.39, 0.29) is 0 Å². The number of anilines is 3. The van der Waals surface area contributed by atoms with E-state index >= 15 is 0 Å². The molecule has 0 unspecified atom stereocenters. The SMILES string of the molecule is CN(c1ccccc1)c1ccc(N2CCC(N)CC2)cc1. The Bertz CT molecular complexity index is 557. The molecule has 0 aromatic heterocycles. The Labute approximate surface area is 127 Å². The van der Waals surface area contributed by atoms with Gasteiger partial charge in [-0.3, -0.25) is 0 Å². The van der Waals surface area contributed by atoms with Crippen LogP contribution in [0.4, 0.5) is 17.1 Å². The molecular weight excluding hydrogens is 258 g/mol. The number of nitrogens with two attached hydrogens (primary N) is 1. The maximum atomic E-state index is 5.97. The van der Waals surface area contributed by atoms with Crippen molar-refractivity contribution < 1.29 is 0 Å². The lowest BCUT2D eigenvalue weighted by atomic mass is 10.1. The number of hydrogen-bond donors (Lipinski definition) is 1. The Morgan fingerprint density at radius 3 is 2.10 bits per heavy atom. The van der Waals surface area contributed by atoms with Gasteiger partial charge in [-0.2, -0.15) is 0 Å². The molecular formula is C18H23N3. The van der Waals surface area contributed by atoms with Gasteiger partial charge in [0.15, 0.2) is 0 Å². The normalized spacial score (nSPS) is 16.0. The van der Waals surface area contributed by atoms with E-state index in [1.807, 2.05) is 6.07 Å². The zero-order valence-corrected chi connectivity index (χ0v) is 12.6. The molecule has 0 atom stereocenters. The molecule has 1 saturated heterocycles. The first kappa shape index (κ1) is 14.0. The van der Waals surface area contributed by atoms with Crippen LogP contribution in [0, 0.1) is 0 Å². The van der Waals surface area contributed by atoms with Gasteiger partial charge in [-0.1, -0.05) is 18.2 Å². The molecule has 2 aromatic carbocycles. The van der Waals surface area contributed by atoms with E-state index in [2.05, 4.69) is 65.4 Å². The summed E-state index contributed by atoms with van der Waals surface area (Å²) in [6.45, 7) is 2.13. The summed E-state index contributed by atoms with van der Waals surface area (Å²) in [7, 11) is 2.10. The first-order valence-electron chi connectivity index (χ1n) is 7.63. The van der Waals surface area contributed by atoms with Crippen molar-refractivity contribution in [1.82, 2.24) is 0 Å². The third kappa shape index (κ3) is 3.19. The van der Waals surface area contributed by atoms with Crippen molar-refractivity contribution in [3.05, 3.63) is 54.6 Å². The van der Waals surface area contributed by atoms with E-state index < -0.39 is 0 Å². The van der Waals surface area contributed by atoms with Gasteiger partial charge < -0.3 is 15.5 Å². The first-order chi connectivity index (χ1) is 10.2. The second-order valence-electron chi connectivity index (χ2n) is 5.74. The van der Waals surface area contributed by atoms with E-state index in [0.29, 0.717) is 6.04 Å². The van der Waals surface area contributed by atoms with Crippen LogP contribution in [0.25, 0.3) is 0 Å². The second-order valence-corrected chi connectivity index (χ2v) is 5.74. The van der Waals surface area contributed by atoms with Crippen molar-refractivity contribution in [3.63, 3.8) is 0 Å². The van der Waals surface area contributed by atoms with Crippen LogP contribution in [0.2, 0.25) is 0 Å². The molecule has 3 nitrogen and oxygen atoms in total. The molecule has 21 heavy (non-hydrogen) atoms. The van der Waals surface area contributed by atoms with Crippen molar-refractivity contribution in [3.8, 4) is 0 Å². The number of benzene rings is 2. The molecule has 0 bridgehead atoms. The van der Waals surface area contributed by atoms with E-state index in [4.69, 9.17) is 5.73 Å². The Hall–Kier alpha value is -2.00. The molecule has 0 amide bonds. The minimum absolute atomic E-state index is 0.379. The van der Waals surface area contributed by atoms with Crippen molar-refractivity contribution >= 4 is 17.1 Å². The maximum Gasteiger partial charge on any atom is 0.0409 e. The summed E-state index contributed by atoms with van der Waals surface area (Å²) in [5.74, 6) is 0. The quantitative estimate of drug-likeness (QED) is 0.936. The topological polar surface area (TPSA) is 32.5 Å². The summed E-state index contributed by atoms with van der Waals surface area (Å²) in [4.78, 5) is 4.63. The molecule has 1 heterocycles. The third-order valence-electron chi connectivity index (χ3n) is 4.29. The van der Waals surface area contributed by atoms with Crippen LogP contribution in [0.5, 0.6) is 0 Å². The highest BCUT2D eigenvalue weighted by atomic mass is 15.1. The van der Waals surface area contributed by atoms with Crippen molar-refractivity contribution in [2.45, 2.75) is 18.9 Å². The molecule has 1 aliphatic heterocycles. The van der Waals surface area contributed by atoms with Gasteiger partial charge in [-0.05, 0) is 49.2 Å². The number of nitrogens with zero attached hydrogens (tertiary/aromatic N) is 2. The molecule has 0 aliphatic carbocycles. The zero-order chi connectivity index (χ0) is 14.7. The Morgan fingerprint density at radius 2 is 1.48 bits per heavy atom. The van der Waals surface area contributed by atoms with Gasteiger partial charge >= 0.3 is 0 Å². The van der Waals surface area contributed by atoms with Crippen molar-refractivity contribution in [1.29, 1.82) is 0 Å². The first-order valence-corrected chi connectivity index (χ1v) is 7.63. The lowest BCUT2D eigenvalue weighted by Crippen LogP contribution is -2.39. The van der Waals surface area contributed by atoms with E-state index in [0.717, 1.165) is 25.9 Å². The molecule has 3 heteroatoms. The summed E-state index contributed by atoms with van der Waals surface area (Å²) in [5, 5.41) is 0. The highest BCUT2D eigenvalue weighted by molar-refractivity contribution is 5.65. The molecule has 0 saturated carbocycles. The summed E-state index contributed by atoms with van der Waals surface area (Å²) < 4.78 is 0. The van der Waals surface area contributed by atoms with Crippen molar-refractivity contribution in [2.75, 3.05) is 29.9 Å². The standard InChI is InChI=1S/C18H23N3/c1-20(16-5-3-2-4-6-16)17-7-9-18(10-8-17)21-13-11-15(19)12-14-21/h2-10,15H,11-14,19H2,1H3. The van der Waals surface area contributed by atoms with Crippen molar-refractivity contribution in [2.24, 2.45) is 5.73 Å². The summed E-state index contributed by atoms with van der Waals surface area (Å²) in [6.07, 6.45) is 2.18. The van der Waals surface area contributed by atoms with Crippen LogP contribution >= 0.6 is 0 Å². The number of para-hydroxylation sites is 1. The number of hydrogen-bond acceptors (Lipinski definition) is 3. The van der Waals surface area contributed by atoms with Gasteiger partial charge in [-0.25, -0.2) is 0 Å². The van der Waals surface area contributed by atoms with Crippen LogP contribution in [-0.4, -0.2) is 26.2 Å². The molecule has 3 rings (SSSR count). The highest BCUT2D eigenvalue weighted by Crippen LogP contribution is 2.26. The maximum absolute atomic E-state index is 5.97. The fourth-order valence-corrected chi connectivity index (χ4v) is 2.85. The average Bonchev–Trinajstić information content (AvgIpc) is 2.56. The van der Waals surface area contributed by atoms with Gasteiger partial charge in [0.05, 0.1) is 0 Å². The molecule has 0 spiro atoms. The third-order valence-corrected chi connectivity index (χ3v) is 4.29. The summed E-state index contributed by atoms with van der Waals surface area (Å²) in [5.41, 5.74) is 9.68. The predicted molar refractivity (Wildman–Crippen MR) is 90.4 cm³/mol. The predicted octanol–water partition coefficient (Wildman–Crippen LogP) is 3.38. The Kier molecular flexibility index (Phi) is 4.11. The number of piperidine rings is 1. The second kappa shape index (κ2) is 6.19. The minimum atomic E-state index is 0.379. The lowest BCUT2D eigenvalue weighted by Gasteiger charge is -2.32. The molecule has 1 aliphatic rings. The largest absolute Gasteiger partial charge is 0.371 e. The van der Waals surface area contributed by atoms with Gasteiger partial charge in [0.2, 0.25) is 0 Å². The molecule has 2 aromatic rings. The zero-order valence-electron chi connectivity index (χ0n) is 12.6. The van der Waals surface area contributed by atoms with Gasteiger partial charge in [-0.15, -0.1) is 0 Å². The monoisotopic (exact) mass is 281 g/mol. The average molecular weight is 281 g/mol. The van der Waals surface area contributed by atoms with Crippen LogP contribution in [-0.2, 0) is 0 Å². The van der Waals surface area contributed by atoms with Gasteiger partial charge in [0, 0.05) is 43.2 Å². The Morgan fingerprint density at radius 1 is 0.905 bits per heavy atom. The lowest BCUT2D eigenvalue weighted by molar-refractivity contribution is 0.501. The smallest absolute Gasteiger partial charge is 0.0409 e. The summed E-state index contributed by atoms with van der Waals surface area (Å²) >= 11 is 0. The number of rotatable bonds is 3.